The van der Waals surface area contributed by atoms with Crippen molar-refractivity contribution < 1.29 is 13.6 Å². The molecule has 1 aromatic carbocycles. The smallest absolute Gasteiger partial charge is 0.328 e. The average Bonchev–Trinajstić information content (AvgIpc) is 3.71. The number of nitrogens with one attached hydrogen (secondary N) is 2. The summed E-state index contributed by atoms with van der Waals surface area (Å²) in [5.74, 6) is -0.695. The molecule has 0 unspecified atom stereocenters. The van der Waals surface area contributed by atoms with E-state index in [1.54, 1.807) is 4.90 Å². The van der Waals surface area contributed by atoms with Crippen LogP contribution in [-0.4, -0.2) is 70.2 Å². The predicted molar refractivity (Wildman–Crippen MR) is 137 cm³/mol. The SMILES string of the molecule is N[C@H]1CC[C@H](N(Cc2c(F)cc(-n3ccc(NC(=O)N4CCNCC4)nc3=O)cc2F)CC2CC2)CC1. The number of piperazine rings is 1. The fourth-order valence-electron chi connectivity index (χ4n) is 5.25. The number of nitrogens with two attached hydrogens (primary N) is 1. The van der Waals surface area contributed by atoms with E-state index >= 15 is 8.78 Å². The maximum absolute atomic E-state index is 15.2. The Morgan fingerprint density at radius 1 is 1.11 bits per heavy atom. The first kappa shape index (κ1) is 25.7. The van der Waals surface area contributed by atoms with Crippen molar-refractivity contribution in [1.29, 1.82) is 0 Å². The summed E-state index contributed by atoms with van der Waals surface area (Å²) in [6, 6.07) is 3.92. The van der Waals surface area contributed by atoms with Crippen LogP contribution in [-0.2, 0) is 6.54 Å². The Kier molecular flexibility index (Phi) is 7.82. The Morgan fingerprint density at radius 3 is 2.41 bits per heavy atom. The molecular weight excluding hydrogens is 480 g/mol. The minimum Gasteiger partial charge on any atom is -0.328 e. The monoisotopic (exact) mass is 515 g/mol. The lowest BCUT2D eigenvalue weighted by molar-refractivity contribution is 0.133. The highest BCUT2D eigenvalue weighted by Gasteiger charge is 2.31. The van der Waals surface area contributed by atoms with Gasteiger partial charge in [-0.3, -0.25) is 14.8 Å². The number of carbonyl (C=O) groups is 1. The van der Waals surface area contributed by atoms with Crippen molar-refractivity contribution >= 4 is 11.8 Å². The molecule has 1 saturated heterocycles. The molecule has 37 heavy (non-hydrogen) atoms. The third-order valence-electron chi connectivity index (χ3n) is 7.66. The standard InChI is InChI=1S/C26H35F2N7O2/c27-22-13-20(35-10-7-24(32-26(35)37)31-25(36)33-11-8-30-9-12-33)14-23(28)21(22)16-34(15-17-1-2-17)19-5-3-18(29)4-6-19/h7,10,13-14,17-19,30H,1-6,8-9,11-12,15-16,29H2,(H,31,32,36,37)/t18-,19-. The molecular formula is C26H35F2N7O2. The summed E-state index contributed by atoms with van der Waals surface area (Å²) in [5, 5.41) is 5.77. The number of carbonyl (C=O) groups excluding carboxylic acids is 1. The summed E-state index contributed by atoms with van der Waals surface area (Å²) in [6.07, 6.45) is 7.42. The zero-order chi connectivity index (χ0) is 25.9. The Morgan fingerprint density at radius 2 is 1.78 bits per heavy atom. The van der Waals surface area contributed by atoms with Crippen LogP contribution in [0.1, 0.15) is 44.1 Å². The molecule has 200 valence electrons. The summed E-state index contributed by atoms with van der Waals surface area (Å²) >= 11 is 0. The van der Waals surface area contributed by atoms with Crippen LogP contribution in [0.4, 0.5) is 19.4 Å². The number of hydrogen-bond donors (Lipinski definition) is 3. The summed E-state index contributed by atoms with van der Waals surface area (Å²) < 4.78 is 31.5. The first-order chi connectivity index (χ1) is 17.9. The van der Waals surface area contributed by atoms with Gasteiger partial charge in [0.2, 0.25) is 0 Å². The van der Waals surface area contributed by atoms with Gasteiger partial charge in [0.15, 0.2) is 0 Å². The molecule has 0 bridgehead atoms. The third-order valence-corrected chi connectivity index (χ3v) is 7.66. The van der Waals surface area contributed by atoms with Gasteiger partial charge < -0.3 is 16.0 Å². The zero-order valence-corrected chi connectivity index (χ0v) is 21.0. The van der Waals surface area contributed by atoms with E-state index < -0.39 is 17.3 Å². The Bertz CT molecular complexity index is 1150. The van der Waals surface area contributed by atoms with Crippen molar-refractivity contribution in [2.75, 3.05) is 38.0 Å². The van der Waals surface area contributed by atoms with Gasteiger partial charge in [0.25, 0.3) is 0 Å². The summed E-state index contributed by atoms with van der Waals surface area (Å²) in [4.78, 5) is 32.8. The molecule has 2 aliphatic carbocycles. The number of nitrogens with zero attached hydrogens (tertiary/aromatic N) is 4. The normalized spacial score (nSPS) is 22.3. The zero-order valence-electron chi connectivity index (χ0n) is 21.0. The van der Waals surface area contributed by atoms with Crippen LogP contribution in [0, 0.1) is 17.6 Å². The van der Waals surface area contributed by atoms with E-state index in [-0.39, 0.29) is 41.7 Å². The van der Waals surface area contributed by atoms with Crippen LogP contribution in [0.5, 0.6) is 0 Å². The van der Waals surface area contributed by atoms with Gasteiger partial charge >= 0.3 is 11.7 Å². The first-order valence-corrected chi connectivity index (χ1v) is 13.2. The lowest BCUT2D eigenvalue weighted by Gasteiger charge is -2.36. The lowest BCUT2D eigenvalue weighted by Crippen LogP contribution is -2.48. The average molecular weight is 516 g/mol. The lowest BCUT2D eigenvalue weighted by atomic mass is 9.90. The molecule has 2 amide bonds. The van der Waals surface area contributed by atoms with Crippen molar-refractivity contribution in [2.45, 2.75) is 57.2 Å². The van der Waals surface area contributed by atoms with Gasteiger partial charge in [-0.25, -0.2) is 18.4 Å². The molecule has 2 aromatic rings. The number of amides is 2. The van der Waals surface area contributed by atoms with Gasteiger partial charge in [-0.1, -0.05) is 0 Å². The highest BCUT2D eigenvalue weighted by molar-refractivity contribution is 5.88. The van der Waals surface area contributed by atoms with Gasteiger partial charge in [-0.15, -0.1) is 0 Å². The fraction of sp³-hybridized carbons (Fsp3) is 0.577. The minimum atomic E-state index is -0.737. The first-order valence-electron chi connectivity index (χ1n) is 13.2. The maximum atomic E-state index is 15.2. The van der Waals surface area contributed by atoms with E-state index in [0.717, 1.165) is 49.6 Å². The number of aromatic nitrogens is 2. The summed E-state index contributed by atoms with van der Waals surface area (Å²) in [7, 11) is 0. The van der Waals surface area contributed by atoms with E-state index in [9.17, 15) is 9.59 Å². The number of hydrogen-bond acceptors (Lipinski definition) is 6. The second-order valence-electron chi connectivity index (χ2n) is 10.5. The van der Waals surface area contributed by atoms with E-state index in [1.165, 1.54) is 24.4 Å². The van der Waals surface area contributed by atoms with Crippen molar-refractivity contribution in [1.82, 2.24) is 24.7 Å². The number of halogens is 2. The molecule has 2 heterocycles. The van der Waals surface area contributed by atoms with Gasteiger partial charge in [0.05, 0.1) is 5.69 Å². The van der Waals surface area contributed by atoms with Crippen molar-refractivity contribution in [3.63, 3.8) is 0 Å². The number of urea groups is 1. The van der Waals surface area contributed by atoms with E-state index in [1.807, 2.05) is 0 Å². The number of anilines is 1. The predicted octanol–water partition coefficient (Wildman–Crippen LogP) is 2.43. The summed E-state index contributed by atoms with van der Waals surface area (Å²) in [5.41, 5.74) is 5.39. The molecule has 4 N–H and O–H groups in total. The van der Waals surface area contributed by atoms with Crippen LogP contribution >= 0.6 is 0 Å². The highest BCUT2D eigenvalue weighted by Crippen LogP contribution is 2.34. The molecule has 0 atom stereocenters. The van der Waals surface area contributed by atoms with Crippen LogP contribution in [0.3, 0.4) is 0 Å². The topological polar surface area (TPSA) is 109 Å². The van der Waals surface area contributed by atoms with Gasteiger partial charge in [-0.05, 0) is 62.6 Å². The van der Waals surface area contributed by atoms with Crippen molar-refractivity contribution in [3.05, 3.63) is 52.1 Å². The van der Waals surface area contributed by atoms with Crippen molar-refractivity contribution in [3.8, 4) is 5.69 Å². The molecule has 3 aliphatic rings. The summed E-state index contributed by atoms with van der Waals surface area (Å²) in [6.45, 7) is 3.54. The molecule has 9 nitrogen and oxygen atoms in total. The Labute approximate surface area is 215 Å². The van der Waals surface area contributed by atoms with E-state index in [2.05, 4.69) is 20.5 Å². The molecule has 11 heteroatoms. The van der Waals surface area contributed by atoms with Crippen LogP contribution in [0.2, 0.25) is 0 Å². The second kappa shape index (κ2) is 11.2. The van der Waals surface area contributed by atoms with E-state index in [4.69, 9.17) is 5.73 Å². The molecule has 5 rings (SSSR count). The molecule has 0 radical (unpaired) electrons. The number of rotatable bonds is 7. The van der Waals surface area contributed by atoms with E-state index in [0.29, 0.717) is 32.1 Å². The molecule has 3 fully saturated rings. The second-order valence-corrected chi connectivity index (χ2v) is 10.5. The quantitative estimate of drug-likeness (QED) is 0.523. The van der Waals surface area contributed by atoms with Gasteiger partial charge in [0, 0.05) is 63.1 Å². The fourth-order valence-corrected chi connectivity index (χ4v) is 5.25. The number of benzene rings is 1. The van der Waals surface area contributed by atoms with Crippen molar-refractivity contribution in [2.24, 2.45) is 11.7 Å². The Hall–Kier alpha value is -2.89. The molecule has 2 saturated carbocycles. The van der Waals surface area contributed by atoms with Gasteiger partial charge in [0.1, 0.15) is 17.5 Å². The van der Waals surface area contributed by atoms with Crippen LogP contribution in [0.25, 0.3) is 5.69 Å². The molecule has 1 aliphatic heterocycles. The Balaban J connectivity index is 1.31. The van der Waals surface area contributed by atoms with Crippen LogP contribution in [0.15, 0.2) is 29.2 Å². The molecule has 0 spiro atoms. The maximum Gasteiger partial charge on any atom is 0.354 e. The van der Waals surface area contributed by atoms with Crippen LogP contribution < -0.4 is 22.1 Å². The minimum absolute atomic E-state index is 0.0141. The van der Waals surface area contributed by atoms with Gasteiger partial charge in [-0.2, -0.15) is 4.98 Å². The molecule has 1 aromatic heterocycles. The largest absolute Gasteiger partial charge is 0.354 e. The third kappa shape index (κ3) is 6.34. The highest BCUT2D eigenvalue weighted by atomic mass is 19.1.